The lowest BCUT2D eigenvalue weighted by Crippen LogP contribution is -2.64. The van der Waals surface area contributed by atoms with Crippen LogP contribution in [0.3, 0.4) is 0 Å². The van der Waals surface area contributed by atoms with E-state index in [1.165, 1.54) is 20.8 Å². The van der Waals surface area contributed by atoms with E-state index in [2.05, 4.69) is 0 Å². The summed E-state index contributed by atoms with van der Waals surface area (Å²) < 4.78 is 137. The highest BCUT2D eigenvalue weighted by Gasteiger charge is 2.58. The average molecular weight is 1940 g/mol. The summed E-state index contributed by atoms with van der Waals surface area (Å²) in [5, 5.41) is 46.4. The van der Waals surface area contributed by atoms with Gasteiger partial charge in [-0.2, -0.15) is 0 Å². The second-order valence-corrected chi connectivity index (χ2v) is 35.4. The van der Waals surface area contributed by atoms with Crippen molar-refractivity contribution in [1.29, 1.82) is 0 Å². The number of aliphatic hydroxyl groups is 4. The fourth-order valence-electron chi connectivity index (χ4n) is 17.9. The summed E-state index contributed by atoms with van der Waals surface area (Å²) in [5.74, 6) is -3.76. The van der Waals surface area contributed by atoms with E-state index in [1.807, 2.05) is 277 Å². The highest BCUT2D eigenvalue weighted by molar-refractivity contribution is 5.69. The van der Waals surface area contributed by atoms with Crippen LogP contribution in [0.15, 0.2) is 243 Å². The van der Waals surface area contributed by atoms with Crippen LogP contribution < -0.4 is 0 Å². The van der Waals surface area contributed by atoms with Crippen LogP contribution in [0.4, 0.5) is 0 Å². The van der Waals surface area contributed by atoms with Crippen LogP contribution >= 0.6 is 0 Å². The van der Waals surface area contributed by atoms with Gasteiger partial charge < -0.3 is 125 Å². The van der Waals surface area contributed by atoms with Crippen molar-refractivity contribution in [3.63, 3.8) is 0 Å². The van der Waals surface area contributed by atoms with Crippen LogP contribution in [0, 0.1) is 5.92 Å². The first-order valence-electron chi connectivity index (χ1n) is 48.6. The van der Waals surface area contributed by atoms with Crippen LogP contribution in [0.1, 0.15) is 166 Å². The van der Waals surface area contributed by atoms with E-state index in [1.54, 1.807) is 13.8 Å². The maximum atomic E-state index is 12.0. The molecule has 140 heavy (non-hydrogen) atoms. The minimum atomic E-state index is -1.41. The largest absolute Gasteiger partial charge is 0.458 e. The summed E-state index contributed by atoms with van der Waals surface area (Å²) in [6.45, 7) is 21.1. The SMILES string of the molecule is CC[C@H]1O[C@H](O[C@H]2O[C@H](CC)[C@@H](O)[C@H](OCc3ccccc3)[C@H]2OCc2ccccc2)[C@H](OCc2ccccc2)[C@@H](OCc2ccccc2)[C@@H]1O.CC[C@H]1O[C@H](O[C@H]2O[C@H](CC)[C@@H](O)[C@H](OCc3ccccc3)[C@H]2OCc2ccccc2)[C@H](OCc2ccccc2)[C@@H](OCc2ccccc2)[C@@H]1O.CC[C@H]1O[C@H](O[C@H]2O[C@H](CC)[C@@H](OC(C)=O)[C@H](OC(C)=O)[C@H]2OC(C)=O)[C@H](OC(C)=O)[C@@H](OC(C)=O)[C@@H]1C. The first-order valence-corrected chi connectivity index (χ1v) is 48.6. The molecular weight excluding hydrogens is 1810 g/mol. The lowest BCUT2D eigenvalue weighted by molar-refractivity contribution is -0.387. The molecule has 8 aromatic carbocycles. The zero-order valence-electron chi connectivity index (χ0n) is 81.6. The van der Waals surface area contributed by atoms with Gasteiger partial charge in [-0.25, -0.2) is 0 Å². The minimum absolute atomic E-state index is 0.238. The Morgan fingerprint density at radius 1 is 0.214 bits per heavy atom. The zero-order valence-corrected chi connectivity index (χ0v) is 81.6. The molecule has 6 fully saturated rings. The molecule has 0 spiro atoms. The van der Waals surface area contributed by atoms with Gasteiger partial charge in [0, 0.05) is 40.5 Å². The molecule has 0 saturated carbocycles. The molecule has 0 unspecified atom stereocenters. The van der Waals surface area contributed by atoms with Crippen LogP contribution in [-0.4, -0.2) is 228 Å². The van der Waals surface area contributed by atoms with Gasteiger partial charge in [0.15, 0.2) is 49.6 Å². The molecule has 0 radical (unpaired) electrons. The van der Waals surface area contributed by atoms with Crippen LogP contribution in [0.2, 0.25) is 0 Å². The van der Waals surface area contributed by atoms with Crippen LogP contribution in [0.5, 0.6) is 0 Å². The number of hydrogen-bond acceptors (Lipinski definition) is 31. The van der Waals surface area contributed by atoms with Gasteiger partial charge in [-0.15, -0.1) is 0 Å². The molecule has 0 amide bonds. The van der Waals surface area contributed by atoms with Crippen molar-refractivity contribution in [1.82, 2.24) is 0 Å². The summed E-state index contributed by atoms with van der Waals surface area (Å²) in [4.78, 5) is 59.7. The van der Waals surface area contributed by atoms with E-state index in [0.29, 0.717) is 38.5 Å². The van der Waals surface area contributed by atoms with Crippen molar-refractivity contribution < 1.29 is 149 Å². The normalized spacial score (nSPS) is 31.0. The monoisotopic (exact) mass is 1940 g/mol. The molecule has 6 aliphatic heterocycles. The lowest BCUT2D eigenvalue weighted by Gasteiger charge is -2.48. The van der Waals surface area contributed by atoms with Gasteiger partial charge in [-0.1, -0.05) is 291 Å². The Balaban J connectivity index is 0.000000191. The number of aliphatic hydroxyl groups excluding tert-OH is 4. The first-order chi connectivity index (χ1) is 67.8. The van der Waals surface area contributed by atoms with Gasteiger partial charge in [0.1, 0.15) is 85.5 Å². The standard InChI is InChI=1S/2C42H50O9.C25H38O13/c2*1-3-33-35(43)37(45-25-29-17-9-5-10-18-29)39(47-27-31-21-13-7-14-22-31)41(49-33)51-42-40(48-28-32-23-15-8-16-24-32)38(36(44)34(4-2)50-42)46-26-30-19-11-6-12-20-30;1-9-17-11(3)19(31-12(4)26)22(34-15(7)29)24(36-17)38-25-23(35-16(8)30)21(33-14(6)28)20(32-13(5)27)18(10-2)37-25/h2*5-24,33-44H,3-4,25-28H2,1-2H3;11,17-25H,9-10H2,1-8H3/t2*33-,34-,35-,36-,37+,38+,39-,40-,41-,42-;11-,17-,18-,19+,20-,21+,22-,23-,24-,25-/m111/s1. The molecule has 30 atom stereocenters. The summed E-state index contributed by atoms with van der Waals surface area (Å²) >= 11 is 0. The van der Waals surface area contributed by atoms with Gasteiger partial charge in [-0.05, 0) is 83.0 Å². The molecule has 6 saturated heterocycles. The Labute approximate surface area is 820 Å². The fourth-order valence-corrected chi connectivity index (χ4v) is 17.9. The number of benzene rings is 8. The predicted octanol–water partition coefficient (Wildman–Crippen LogP) is 14.2. The molecule has 31 heteroatoms. The van der Waals surface area contributed by atoms with Crippen molar-refractivity contribution in [2.45, 2.75) is 353 Å². The third kappa shape index (κ3) is 31.1. The van der Waals surface area contributed by atoms with Crippen molar-refractivity contribution in [3.05, 3.63) is 287 Å². The van der Waals surface area contributed by atoms with Crippen LogP contribution in [0.25, 0.3) is 0 Å². The fraction of sp³-hybridized carbons (Fsp3) is 0.514. The van der Waals surface area contributed by atoms with E-state index in [-0.39, 0.29) is 58.8 Å². The third-order valence-corrected chi connectivity index (χ3v) is 25.1. The molecule has 6 heterocycles. The topological polar surface area (TPSA) is 369 Å². The summed E-state index contributed by atoms with van der Waals surface area (Å²) in [6, 6.07) is 78.5. The van der Waals surface area contributed by atoms with E-state index in [9.17, 15) is 44.4 Å². The highest BCUT2D eigenvalue weighted by Crippen LogP contribution is 2.42. The molecule has 6 aliphatic rings. The quantitative estimate of drug-likeness (QED) is 0.0204. The van der Waals surface area contributed by atoms with Gasteiger partial charge in [-0.3, -0.25) is 24.0 Å². The molecule has 0 aromatic heterocycles. The van der Waals surface area contributed by atoms with Gasteiger partial charge in [0.05, 0.1) is 83.4 Å². The molecular formula is C109H138O31. The van der Waals surface area contributed by atoms with Crippen molar-refractivity contribution in [3.8, 4) is 0 Å². The molecule has 0 bridgehead atoms. The second kappa shape index (κ2) is 55.8. The van der Waals surface area contributed by atoms with E-state index in [4.69, 9.17) is 104 Å². The maximum Gasteiger partial charge on any atom is 0.303 e. The first kappa shape index (κ1) is 109. The second-order valence-electron chi connectivity index (χ2n) is 35.4. The Kier molecular flexibility index (Phi) is 43.5. The average Bonchev–Trinajstić information content (AvgIpc) is 0.782. The van der Waals surface area contributed by atoms with Crippen LogP contribution in [-0.2, 0) is 181 Å². The summed E-state index contributed by atoms with van der Waals surface area (Å²) in [6.07, 6.45) is -24.0. The zero-order chi connectivity index (χ0) is 99.6. The van der Waals surface area contributed by atoms with Gasteiger partial charge in [0.25, 0.3) is 0 Å². The number of rotatable bonds is 41. The maximum absolute atomic E-state index is 12.0. The van der Waals surface area contributed by atoms with Gasteiger partial charge >= 0.3 is 29.8 Å². The smallest absolute Gasteiger partial charge is 0.303 e. The minimum Gasteiger partial charge on any atom is -0.458 e. The molecule has 8 aromatic rings. The summed E-state index contributed by atoms with van der Waals surface area (Å²) in [7, 11) is 0. The van der Waals surface area contributed by atoms with E-state index < -0.39 is 208 Å². The third-order valence-electron chi connectivity index (χ3n) is 25.1. The Morgan fingerprint density at radius 2 is 0.379 bits per heavy atom. The predicted molar refractivity (Wildman–Crippen MR) is 508 cm³/mol. The molecule has 760 valence electrons. The molecule has 0 aliphatic carbocycles. The number of ether oxygens (including phenoxy) is 22. The number of esters is 5. The van der Waals surface area contributed by atoms with Crippen molar-refractivity contribution in [2.24, 2.45) is 5.92 Å². The molecule has 31 nitrogen and oxygen atoms in total. The summed E-state index contributed by atoms with van der Waals surface area (Å²) in [5.41, 5.74) is 7.66. The number of carbonyl (C=O) groups excluding carboxylic acids is 5. The highest BCUT2D eigenvalue weighted by atomic mass is 16.8. The molecule has 14 rings (SSSR count). The number of carbonyl (C=O) groups is 5. The van der Waals surface area contributed by atoms with E-state index in [0.717, 1.165) is 58.4 Å². The van der Waals surface area contributed by atoms with Gasteiger partial charge in [0.2, 0.25) is 12.6 Å². The molecule has 4 N–H and O–H groups in total. The Hall–Kier alpha value is -9.73. The number of hydrogen-bond donors (Lipinski definition) is 4. The Bertz CT molecular complexity index is 4440. The lowest BCUT2D eigenvalue weighted by atomic mass is 9.89. The van der Waals surface area contributed by atoms with Crippen molar-refractivity contribution in [2.75, 3.05) is 0 Å². The Morgan fingerprint density at radius 3 is 0.586 bits per heavy atom. The van der Waals surface area contributed by atoms with Crippen molar-refractivity contribution >= 4 is 29.8 Å². The van der Waals surface area contributed by atoms with E-state index >= 15 is 0 Å².